The minimum Gasteiger partial charge on any atom is -0.481 e. The minimum absolute atomic E-state index is 0.0280. The van der Waals surface area contributed by atoms with E-state index in [0.29, 0.717) is 6.42 Å². The third-order valence-corrected chi connectivity index (χ3v) is 3.69. The number of likely N-dealkylation sites (N-methyl/N-ethyl adjacent to an activating group) is 1. The van der Waals surface area contributed by atoms with Crippen molar-refractivity contribution in [1.29, 1.82) is 0 Å². The maximum Gasteiger partial charge on any atom is 0.263 e. The third-order valence-electron chi connectivity index (χ3n) is 3.69. The number of aryl methyl sites for hydroxylation is 2. The fraction of sp³-hybridized carbons (Fsp3) is 0.562. The molecule has 3 heteroatoms. The standard InChI is InChI=1S/C16H23NO2/c1-4-15(16(18)17(2)3)19-14-10-9-12-7-5-6-8-13(12)11-14/h9-11,15H,4-8H2,1-3H3/t15-/m1/s1. The highest BCUT2D eigenvalue weighted by Gasteiger charge is 2.20. The largest absolute Gasteiger partial charge is 0.481 e. The quantitative estimate of drug-likeness (QED) is 0.834. The van der Waals surface area contributed by atoms with Crippen molar-refractivity contribution in [2.45, 2.75) is 45.1 Å². The molecule has 0 spiro atoms. The molecule has 1 aliphatic carbocycles. The molecule has 104 valence electrons. The van der Waals surface area contributed by atoms with Crippen molar-refractivity contribution < 1.29 is 9.53 Å². The second-order valence-corrected chi connectivity index (χ2v) is 5.39. The van der Waals surface area contributed by atoms with Crippen molar-refractivity contribution in [2.24, 2.45) is 0 Å². The summed E-state index contributed by atoms with van der Waals surface area (Å²) in [7, 11) is 3.53. The van der Waals surface area contributed by atoms with Crippen LogP contribution in [0, 0.1) is 0 Å². The molecule has 2 rings (SSSR count). The van der Waals surface area contributed by atoms with Gasteiger partial charge in [0.05, 0.1) is 0 Å². The Kier molecular flexibility index (Phi) is 4.46. The van der Waals surface area contributed by atoms with E-state index in [-0.39, 0.29) is 12.0 Å². The molecule has 0 bridgehead atoms. The van der Waals surface area contributed by atoms with Gasteiger partial charge in [-0.3, -0.25) is 4.79 Å². The molecule has 19 heavy (non-hydrogen) atoms. The van der Waals surface area contributed by atoms with Crippen molar-refractivity contribution in [3.05, 3.63) is 29.3 Å². The van der Waals surface area contributed by atoms with E-state index in [4.69, 9.17) is 4.74 Å². The predicted octanol–water partition coefficient (Wildman–Crippen LogP) is 2.81. The van der Waals surface area contributed by atoms with E-state index in [9.17, 15) is 4.79 Å². The van der Waals surface area contributed by atoms with Crippen LogP contribution in [0.2, 0.25) is 0 Å². The first-order chi connectivity index (χ1) is 9.11. The maximum atomic E-state index is 12.0. The van der Waals surface area contributed by atoms with Gasteiger partial charge in [0.15, 0.2) is 6.10 Å². The van der Waals surface area contributed by atoms with Crippen molar-refractivity contribution in [1.82, 2.24) is 4.90 Å². The fourth-order valence-electron chi connectivity index (χ4n) is 2.54. The monoisotopic (exact) mass is 261 g/mol. The van der Waals surface area contributed by atoms with Crippen LogP contribution in [-0.2, 0) is 17.6 Å². The summed E-state index contributed by atoms with van der Waals surface area (Å²) in [5.74, 6) is 0.850. The summed E-state index contributed by atoms with van der Waals surface area (Å²) in [6, 6.07) is 6.26. The molecular weight excluding hydrogens is 238 g/mol. The number of hydrogen-bond acceptors (Lipinski definition) is 2. The van der Waals surface area contributed by atoms with Crippen LogP contribution >= 0.6 is 0 Å². The number of carbonyl (C=O) groups is 1. The van der Waals surface area contributed by atoms with Gasteiger partial charge < -0.3 is 9.64 Å². The van der Waals surface area contributed by atoms with E-state index < -0.39 is 0 Å². The number of amides is 1. The number of carbonyl (C=O) groups excluding carboxylic acids is 1. The van der Waals surface area contributed by atoms with E-state index in [1.165, 1.54) is 30.4 Å². The summed E-state index contributed by atoms with van der Waals surface area (Å²) in [6.07, 6.45) is 5.15. The van der Waals surface area contributed by atoms with Gasteiger partial charge in [0.25, 0.3) is 5.91 Å². The van der Waals surface area contributed by atoms with E-state index in [1.54, 1.807) is 19.0 Å². The van der Waals surface area contributed by atoms with Gasteiger partial charge in [-0.15, -0.1) is 0 Å². The highest BCUT2D eigenvalue weighted by atomic mass is 16.5. The van der Waals surface area contributed by atoms with Gasteiger partial charge in [0.1, 0.15) is 5.75 Å². The highest BCUT2D eigenvalue weighted by Crippen LogP contribution is 2.26. The first kappa shape index (κ1) is 13.9. The van der Waals surface area contributed by atoms with Crippen LogP contribution in [-0.4, -0.2) is 31.0 Å². The lowest BCUT2D eigenvalue weighted by Crippen LogP contribution is -2.37. The summed E-state index contributed by atoms with van der Waals surface area (Å²) in [6.45, 7) is 1.98. The first-order valence-electron chi connectivity index (χ1n) is 7.11. The van der Waals surface area contributed by atoms with E-state index in [2.05, 4.69) is 12.1 Å². The molecule has 1 aromatic carbocycles. The zero-order chi connectivity index (χ0) is 13.8. The Hall–Kier alpha value is -1.51. The molecule has 0 heterocycles. The molecule has 0 unspecified atom stereocenters. The molecule has 0 radical (unpaired) electrons. The number of fused-ring (bicyclic) bond motifs is 1. The van der Waals surface area contributed by atoms with E-state index >= 15 is 0 Å². The number of benzene rings is 1. The van der Waals surface area contributed by atoms with E-state index in [1.807, 2.05) is 13.0 Å². The van der Waals surface area contributed by atoms with Gasteiger partial charge in [-0.2, -0.15) is 0 Å². The van der Waals surface area contributed by atoms with Gasteiger partial charge in [-0.05, 0) is 55.4 Å². The maximum absolute atomic E-state index is 12.0. The highest BCUT2D eigenvalue weighted by molar-refractivity contribution is 5.80. The molecular formula is C16H23NO2. The van der Waals surface area contributed by atoms with Gasteiger partial charge >= 0.3 is 0 Å². The molecule has 0 saturated heterocycles. The van der Waals surface area contributed by atoms with Crippen molar-refractivity contribution in [3.8, 4) is 5.75 Å². The Labute approximate surface area is 115 Å². The molecule has 1 atom stereocenters. The van der Waals surface area contributed by atoms with Gasteiger partial charge in [0, 0.05) is 14.1 Å². The lowest BCUT2D eigenvalue weighted by Gasteiger charge is -2.22. The van der Waals surface area contributed by atoms with Crippen LogP contribution in [0.15, 0.2) is 18.2 Å². The Morgan fingerprint density at radius 3 is 2.58 bits per heavy atom. The number of rotatable bonds is 4. The van der Waals surface area contributed by atoms with Crippen LogP contribution in [0.1, 0.15) is 37.3 Å². The third kappa shape index (κ3) is 3.28. The zero-order valence-electron chi connectivity index (χ0n) is 12.1. The number of hydrogen-bond donors (Lipinski definition) is 0. The first-order valence-corrected chi connectivity index (χ1v) is 7.11. The fourth-order valence-corrected chi connectivity index (χ4v) is 2.54. The van der Waals surface area contributed by atoms with Crippen LogP contribution in [0.5, 0.6) is 5.75 Å². The number of nitrogens with zero attached hydrogens (tertiary/aromatic N) is 1. The molecule has 0 aromatic heterocycles. The van der Waals surface area contributed by atoms with Crippen molar-refractivity contribution in [3.63, 3.8) is 0 Å². The molecule has 0 saturated carbocycles. The van der Waals surface area contributed by atoms with Gasteiger partial charge in [0.2, 0.25) is 0 Å². The summed E-state index contributed by atoms with van der Waals surface area (Å²) >= 11 is 0. The molecule has 0 N–H and O–H groups in total. The summed E-state index contributed by atoms with van der Waals surface area (Å²) in [5.41, 5.74) is 2.82. The average molecular weight is 261 g/mol. The van der Waals surface area contributed by atoms with Gasteiger partial charge in [-0.25, -0.2) is 0 Å². The van der Waals surface area contributed by atoms with Crippen LogP contribution in [0.4, 0.5) is 0 Å². The van der Waals surface area contributed by atoms with Crippen LogP contribution in [0.25, 0.3) is 0 Å². The van der Waals surface area contributed by atoms with Crippen LogP contribution < -0.4 is 4.74 Å². The minimum atomic E-state index is -0.378. The Bertz CT molecular complexity index is 454. The molecule has 0 fully saturated rings. The lowest BCUT2D eigenvalue weighted by atomic mass is 9.92. The molecule has 0 aliphatic heterocycles. The lowest BCUT2D eigenvalue weighted by molar-refractivity contribution is -0.136. The Morgan fingerprint density at radius 1 is 1.26 bits per heavy atom. The summed E-state index contributed by atoms with van der Waals surface area (Å²) in [4.78, 5) is 13.6. The summed E-state index contributed by atoms with van der Waals surface area (Å²) in [5, 5.41) is 0. The Balaban J connectivity index is 2.11. The molecule has 1 aromatic rings. The van der Waals surface area contributed by atoms with Crippen molar-refractivity contribution in [2.75, 3.05) is 14.1 Å². The number of ether oxygens (including phenoxy) is 1. The van der Waals surface area contributed by atoms with Crippen LogP contribution in [0.3, 0.4) is 0 Å². The second-order valence-electron chi connectivity index (χ2n) is 5.39. The second kappa shape index (κ2) is 6.09. The Morgan fingerprint density at radius 2 is 1.95 bits per heavy atom. The van der Waals surface area contributed by atoms with E-state index in [0.717, 1.165) is 12.2 Å². The SMILES string of the molecule is CC[C@@H](Oc1ccc2c(c1)CCCC2)C(=O)N(C)C. The molecule has 1 aliphatic rings. The zero-order valence-corrected chi connectivity index (χ0v) is 12.1. The van der Waals surface area contributed by atoms with Gasteiger partial charge in [-0.1, -0.05) is 13.0 Å². The average Bonchev–Trinajstić information content (AvgIpc) is 2.43. The normalized spacial score (nSPS) is 15.5. The smallest absolute Gasteiger partial charge is 0.263 e. The summed E-state index contributed by atoms with van der Waals surface area (Å²) < 4.78 is 5.86. The van der Waals surface area contributed by atoms with Crippen molar-refractivity contribution >= 4 is 5.91 Å². The molecule has 1 amide bonds. The molecule has 3 nitrogen and oxygen atoms in total. The topological polar surface area (TPSA) is 29.5 Å². The predicted molar refractivity (Wildman–Crippen MR) is 76.5 cm³/mol.